The number of benzene rings is 1. The van der Waals surface area contributed by atoms with Crippen molar-refractivity contribution in [1.82, 2.24) is 14.8 Å². The summed E-state index contributed by atoms with van der Waals surface area (Å²) < 4.78 is 59.0. The molecule has 0 spiro atoms. The summed E-state index contributed by atoms with van der Waals surface area (Å²) in [5.41, 5.74) is 0.905. The Bertz CT molecular complexity index is 1070. The predicted molar refractivity (Wildman–Crippen MR) is 104 cm³/mol. The Morgan fingerprint density at radius 2 is 2.00 bits per heavy atom. The molecule has 0 amide bonds. The lowest BCUT2D eigenvalue weighted by molar-refractivity contribution is -0.137. The van der Waals surface area contributed by atoms with E-state index in [0.717, 1.165) is 12.1 Å². The molecule has 158 valence electrons. The first-order valence-corrected chi connectivity index (χ1v) is 9.97. The summed E-state index contributed by atoms with van der Waals surface area (Å²) in [4.78, 5) is 16.2. The van der Waals surface area contributed by atoms with Crippen molar-refractivity contribution in [3.8, 4) is 5.69 Å². The van der Waals surface area contributed by atoms with Gasteiger partial charge in [-0.05, 0) is 42.8 Å². The van der Waals surface area contributed by atoms with Gasteiger partial charge < -0.3 is 4.74 Å². The number of aromatic nitrogens is 3. The fourth-order valence-electron chi connectivity index (χ4n) is 2.92. The van der Waals surface area contributed by atoms with Crippen LogP contribution in [0.1, 0.15) is 39.8 Å². The van der Waals surface area contributed by atoms with Crippen LogP contribution < -0.4 is 0 Å². The second-order valence-electron chi connectivity index (χ2n) is 6.30. The van der Waals surface area contributed by atoms with Crippen LogP contribution in [0.3, 0.4) is 0 Å². The van der Waals surface area contributed by atoms with E-state index in [1.807, 2.05) is 0 Å². The van der Waals surface area contributed by atoms with E-state index in [0.29, 0.717) is 34.0 Å². The van der Waals surface area contributed by atoms with Gasteiger partial charge in [-0.15, -0.1) is 0 Å². The number of hydrogen-bond acceptors (Lipinski definition) is 4. The largest absolute Gasteiger partial charge is 0.462 e. The van der Waals surface area contributed by atoms with E-state index < -0.39 is 23.5 Å². The highest BCUT2D eigenvalue weighted by molar-refractivity contribution is 9.08. The molecule has 3 rings (SSSR count). The third kappa shape index (κ3) is 4.86. The molecule has 0 aliphatic rings. The summed E-state index contributed by atoms with van der Waals surface area (Å²) >= 11 is 3.33. The second-order valence-corrected chi connectivity index (χ2v) is 6.86. The van der Waals surface area contributed by atoms with Crippen molar-refractivity contribution >= 4 is 21.9 Å². The first-order chi connectivity index (χ1) is 14.2. The predicted octanol–water partition coefficient (Wildman–Crippen LogP) is 5.09. The van der Waals surface area contributed by atoms with Crippen molar-refractivity contribution in [3.63, 3.8) is 0 Å². The summed E-state index contributed by atoms with van der Waals surface area (Å²) in [7, 11) is 0. The molecular formula is C20H16BrF4N3O2. The molecule has 1 aromatic carbocycles. The lowest BCUT2D eigenvalue weighted by atomic mass is 10.0. The average molecular weight is 486 g/mol. The molecule has 0 atom stereocenters. The molecule has 0 aliphatic carbocycles. The van der Waals surface area contributed by atoms with Gasteiger partial charge in [-0.1, -0.05) is 15.9 Å². The Balaban J connectivity index is 1.93. The smallest absolute Gasteiger partial charge is 0.416 e. The summed E-state index contributed by atoms with van der Waals surface area (Å²) in [6.07, 6.45) is -1.80. The highest BCUT2D eigenvalue weighted by atomic mass is 79.9. The van der Waals surface area contributed by atoms with Crippen LogP contribution in [0.4, 0.5) is 17.6 Å². The maximum absolute atomic E-state index is 13.7. The van der Waals surface area contributed by atoms with Gasteiger partial charge in [-0.25, -0.2) is 13.9 Å². The molecule has 0 unspecified atom stereocenters. The number of pyridine rings is 1. The Morgan fingerprint density at radius 1 is 1.23 bits per heavy atom. The number of esters is 1. The Morgan fingerprint density at radius 3 is 2.67 bits per heavy atom. The number of carbonyl (C=O) groups excluding carboxylic acids is 1. The van der Waals surface area contributed by atoms with Crippen LogP contribution in [0.25, 0.3) is 5.69 Å². The molecule has 0 bridgehead atoms. The highest BCUT2D eigenvalue weighted by Gasteiger charge is 2.31. The van der Waals surface area contributed by atoms with Crippen LogP contribution in [0, 0.1) is 5.82 Å². The van der Waals surface area contributed by atoms with E-state index >= 15 is 0 Å². The lowest BCUT2D eigenvalue weighted by Crippen LogP contribution is -2.09. The molecule has 0 fully saturated rings. The van der Waals surface area contributed by atoms with E-state index in [1.165, 1.54) is 17.1 Å². The minimum Gasteiger partial charge on any atom is -0.462 e. The topological polar surface area (TPSA) is 57.0 Å². The van der Waals surface area contributed by atoms with Crippen LogP contribution in [-0.2, 0) is 22.7 Å². The Labute approximate surface area is 177 Å². The molecule has 3 aromatic rings. The molecular weight excluding hydrogens is 470 g/mol. The van der Waals surface area contributed by atoms with Gasteiger partial charge in [0.2, 0.25) is 0 Å². The number of halogens is 5. The van der Waals surface area contributed by atoms with E-state index in [1.54, 1.807) is 19.1 Å². The zero-order valence-corrected chi connectivity index (χ0v) is 17.3. The van der Waals surface area contributed by atoms with Gasteiger partial charge in [0.25, 0.3) is 0 Å². The van der Waals surface area contributed by atoms with Crippen LogP contribution in [0.2, 0.25) is 0 Å². The van der Waals surface area contributed by atoms with Crippen LogP contribution >= 0.6 is 15.9 Å². The minimum absolute atomic E-state index is 0.00960. The molecule has 0 radical (unpaired) electrons. The first kappa shape index (κ1) is 21.9. The fourth-order valence-corrected chi connectivity index (χ4v) is 3.46. The molecule has 2 aromatic heterocycles. The van der Waals surface area contributed by atoms with E-state index in [4.69, 9.17) is 4.74 Å². The molecule has 0 saturated heterocycles. The van der Waals surface area contributed by atoms with Gasteiger partial charge in [0, 0.05) is 23.6 Å². The molecule has 5 nitrogen and oxygen atoms in total. The number of nitrogens with zero attached hydrogens (tertiary/aromatic N) is 3. The lowest BCUT2D eigenvalue weighted by Gasteiger charge is -2.11. The third-order valence-electron chi connectivity index (χ3n) is 4.21. The Hall–Kier alpha value is -2.75. The van der Waals surface area contributed by atoms with E-state index in [-0.39, 0.29) is 18.6 Å². The van der Waals surface area contributed by atoms with Gasteiger partial charge in [-0.2, -0.15) is 18.3 Å². The Kier molecular flexibility index (Phi) is 6.55. The van der Waals surface area contributed by atoms with Gasteiger partial charge in [0.15, 0.2) is 0 Å². The molecule has 0 aliphatic heterocycles. The zero-order valence-electron chi connectivity index (χ0n) is 15.7. The number of ether oxygens (including phenoxy) is 1. The normalized spacial score (nSPS) is 11.5. The monoisotopic (exact) mass is 485 g/mol. The first-order valence-electron chi connectivity index (χ1n) is 8.85. The highest BCUT2D eigenvalue weighted by Crippen LogP contribution is 2.31. The molecule has 30 heavy (non-hydrogen) atoms. The molecule has 10 heteroatoms. The van der Waals surface area contributed by atoms with Gasteiger partial charge in [0.05, 0.1) is 29.7 Å². The van der Waals surface area contributed by atoms with Crippen molar-refractivity contribution < 1.29 is 27.1 Å². The minimum atomic E-state index is -4.64. The molecule has 0 saturated carbocycles. The number of alkyl halides is 4. The maximum atomic E-state index is 13.7. The number of carbonyl (C=O) groups is 1. The van der Waals surface area contributed by atoms with E-state index in [9.17, 15) is 22.4 Å². The number of rotatable bonds is 6. The second kappa shape index (κ2) is 8.95. The maximum Gasteiger partial charge on any atom is 0.416 e. The summed E-state index contributed by atoms with van der Waals surface area (Å²) in [5, 5.41) is 4.54. The SMILES string of the molecule is CCOC(=O)c1cnn(-c2ccnc(Cc3cc(F)cc(C(F)(F)F)c3)c2)c1CBr. The van der Waals surface area contributed by atoms with Crippen molar-refractivity contribution in [2.45, 2.75) is 24.9 Å². The quantitative estimate of drug-likeness (QED) is 0.277. The summed E-state index contributed by atoms with van der Waals surface area (Å²) in [5.74, 6) is -1.48. The average Bonchev–Trinajstić information content (AvgIpc) is 3.11. The summed E-state index contributed by atoms with van der Waals surface area (Å²) in [6, 6.07) is 5.65. The van der Waals surface area contributed by atoms with Crippen molar-refractivity contribution in [2.24, 2.45) is 0 Å². The van der Waals surface area contributed by atoms with Crippen molar-refractivity contribution in [2.75, 3.05) is 6.61 Å². The number of hydrogen-bond donors (Lipinski definition) is 0. The van der Waals surface area contributed by atoms with Crippen molar-refractivity contribution in [1.29, 1.82) is 0 Å². The van der Waals surface area contributed by atoms with E-state index in [2.05, 4.69) is 26.0 Å². The third-order valence-corrected chi connectivity index (χ3v) is 4.74. The van der Waals surface area contributed by atoms with Gasteiger partial charge in [0.1, 0.15) is 11.4 Å². The molecule has 0 N–H and O–H groups in total. The molecule has 2 heterocycles. The van der Waals surface area contributed by atoms with Gasteiger partial charge in [-0.3, -0.25) is 4.98 Å². The van der Waals surface area contributed by atoms with Crippen LogP contribution in [-0.4, -0.2) is 27.3 Å². The fraction of sp³-hybridized carbons (Fsp3) is 0.250. The van der Waals surface area contributed by atoms with Crippen LogP contribution in [0.15, 0.2) is 42.7 Å². The van der Waals surface area contributed by atoms with Gasteiger partial charge >= 0.3 is 12.1 Å². The van der Waals surface area contributed by atoms with Crippen LogP contribution in [0.5, 0.6) is 0 Å². The zero-order chi connectivity index (χ0) is 21.9. The summed E-state index contributed by atoms with van der Waals surface area (Å²) in [6.45, 7) is 1.92. The standard InChI is InChI=1S/C20H16BrF4N3O2/c1-2-30-19(29)17-11-27-28(18(17)10-21)16-3-4-26-15(9-16)7-12-5-13(20(23,24)25)8-14(22)6-12/h3-6,8-9,11H,2,7,10H2,1H3. The van der Waals surface area contributed by atoms with Crippen molar-refractivity contribution in [3.05, 3.63) is 76.6 Å².